The predicted octanol–water partition coefficient (Wildman–Crippen LogP) is 1.97. The molecular weight excluding hydrogens is 316 g/mol. The first-order valence-corrected chi connectivity index (χ1v) is 9.31. The summed E-state index contributed by atoms with van der Waals surface area (Å²) in [6.45, 7) is 12.5. The first-order chi connectivity index (χ1) is 11.9. The van der Waals surface area contributed by atoms with Gasteiger partial charge in [-0.2, -0.15) is 0 Å². The molecule has 0 unspecified atom stereocenters. The summed E-state index contributed by atoms with van der Waals surface area (Å²) in [7, 11) is 0. The molecule has 0 aromatic heterocycles. The zero-order chi connectivity index (χ0) is 18.3. The molecule has 1 saturated heterocycles. The van der Waals surface area contributed by atoms with Crippen molar-refractivity contribution in [2.75, 3.05) is 46.0 Å². The fourth-order valence-corrected chi connectivity index (χ4v) is 3.45. The fourth-order valence-electron chi connectivity index (χ4n) is 3.45. The molecule has 1 atom stereocenters. The highest BCUT2D eigenvalue weighted by atomic mass is 16.5. The normalized spacial score (nSPS) is 20.0. The summed E-state index contributed by atoms with van der Waals surface area (Å²) in [5.74, 6) is 0.797. The summed E-state index contributed by atoms with van der Waals surface area (Å²) in [6, 6.07) is 8.54. The Morgan fingerprint density at radius 2 is 1.80 bits per heavy atom. The molecule has 2 rings (SSSR count). The third-order valence-corrected chi connectivity index (χ3v) is 4.52. The Labute approximate surface area is 152 Å². The lowest BCUT2D eigenvalue weighted by Crippen LogP contribution is -2.54. The topological polar surface area (TPSA) is 56.2 Å². The lowest BCUT2D eigenvalue weighted by Gasteiger charge is -2.44. The molecule has 1 aliphatic heterocycles. The maximum Gasteiger partial charge on any atom is 0.119 e. The van der Waals surface area contributed by atoms with Crippen molar-refractivity contribution < 1.29 is 14.9 Å². The van der Waals surface area contributed by atoms with Crippen molar-refractivity contribution in [1.29, 1.82) is 0 Å². The number of piperazine rings is 1. The van der Waals surface area contributed by atoms with Crippen LogP contribution in [-0.4, -0.2) is 72.1 Å². The number of hydrogen-bond donors (Lipinski definition) is 2. The Morgan fingerprint density at radius 3 is 2.40 bits per heavy atom. The minimum Gasteiger partial charge on any atom is -0.491 e. The highest BCUT2D eigenvalue weighted by Crippen LogP contribution is 2.22. The van der Waals surface area contributed by atoms with Crippen LogP contribution in [0.3, 0.4) is 0 Å². The van der Waals surface area contributed by atoms with E-state index in [4.69, 9.17) is 9.84 Å². The SMILES string of the molecule is CC(C)(C)CN1CCN(Cc2ccc(OCCO)cc2)C[C@@H]1CCO. The van der Waals surface area contributed by atoms with E-state index >= 15 is 0 Å². The molecule has 0 aliphatic carbocycles. The van der Waals surface area contributed by atoms with Gasteiger partial charge < -0.3 is 14.9 Å². The van der Waals surface area contributed by atoms with E-state index in [1.54, 1.807) is 0 Å². The van der Waals surface area contributed by atoms with Crippen LogP contribution in [0.5, 0.6) is 5.75 Å². The van der Waals surface area contributed by atoms with Gasteiger partial charge in [0.2, 0.25) is 0 Å². The molecule has 0 saturated carbocycles. The molecule has 1 fully saturated rings. The highest BCUT2D eigenvalue weighted by Gasteiger charge is 2.29. The Bertz CT molecular complexity index is 499. The Kier molecular flexibility index (Phi) is 7.69. The molecule has 0 spiro atoms. The molecule has 5 heteroatoms. The smallest absolute Gasteiger partial charge is 0.119 e. The van der Waals surface area contributed by atoms with E-state index in [1.165, 1.54) is 5.56 Å². The average molecular weight is 351 g/mol. The molecule has 2 N–H and O–H groups in total. The van der Waals surface area contributed by atoms with Gasteiger partial charge in [-0.05, 0) is 29.5 Å². The number of aliphatic hydroxyl groups is 2. The van der Waals surface area contributed by atoms with Crippen molar-refractivity contribution in [3.8, 4) is 5.75 Å². The van der Waals surface area contributed by atoms with Crippen LogP contribution in [0, 0.1) is 5.41 Å². The Morgan fingerprint density at radius 1 is 1.08 bits per heavy atom. The van der Waals surface area contributed by atoms with Crippen molar-refractivity contribution >= 4 is 0 Å². The molecule has 1 aromatic carbocycles. The monoisotopic (exact) mass is 350 g/mol. The van der Waals surface area contributed by atoms with Crippen LogP contribution in [0.4, 0.5) is 0 Å². The number of aliphatic hydroxyl groups excluding tert-OH is 2. The van der Waals surface area contributed by atoms with Gasteiger partial charge in [0, 0.05) is 45.4 Å². The molecule has 1 aliphatic rings. The molecule has 1 heterocycles. The first kappa shape index (κ1) is 20.2. The second kappa shape index (κ2) is 9.53. The highest BCUT2D eigenvalue weighted by molar-refractivity contribution is 5.27. The molecule has 0 bridgehead atoms. The molecule has 1 aromatic rings. The van der Waals surface area contributed by atoms with Crippen molar-refractivity contribution in [2.45, 2.75) is 39.8 Å². The van der Waals surface area contributed by atoms with Gasteiger partial charge in [0.15, 0.2) is 0 Å². The van der Waals surface area contributed by atoms with Gasteiger partial charge in [-0.15, -0.1) is 0 Å². The van der Waals surface area contributed by atoms with Crippen LogP contribution in [0.15, 0.2) is 24.3 Å². The summed E-state index contributed by atoms with van der Waals surface area (Å²) in [4.78, 5) is 5.02. The van der Waals surface area contributed by atoms with Crippen molar-refractivity contribution in [2.24, 2.45) is 5.41 Å². The van der Waals surface area contributed by atoms with E-state index in [2.05, 4.69) is 42.7 Å². The molecular formula is C20H34N2O3. The summed E-state index contributed by atoms with van der Waals surface area (Å²) < 4.78 is 5.41. The van der Waals surface area contributed by atoms with E-state index in [1.807, 2.05) is 12.1 Å². The van der Waals surface area contributed by atoms with Crippen LogP contribution in [0.1, 0.15) is 32.8 Å². The van der Waals surface area contributed by atoms with Crippen LogP contribution >= 0.6 is 0 Å². The van der Waals surface area contributed by atoms with E-state index in [0.717, 1.165) is 44.9 Å². The summed E-state index contributed by atoms with van der Waals surface area (Å²) in [6.07, 6.45) is 0.834. The molecule has 5 nitrogen and oxygen atoms in total. The minimum atomic E-state index is 0.0346. The average Bonchev–Trinajstić information content (AvgIpc) is 2.56. The number of rotatable bonds is 8. The van der Waals surface area contributed by atoms with Crippen molar-refractivity contribution in [1.82, 2.24) is 9.80 Å². The molecule has 0 amide bonds. The van der Waals surface area contributed by atoms with Gasteiger partial charge in [-0.3, -0.25) is 9.80 Å². The summed E-state index contributed by atoms with van der Waals surface area (Å²) in [5, 5.41) is 18.2. The van der Waals surface area contributed by atoms with Crippen LogP contribution < -0.4 is 4.74 Å². The minimum absolute atomic E-state index is 0.0346. The molecule has 142 valence electrons. The number of ether oxygens (including phenoxy) is 1. The predicted molar refractivity (Wildman–Crippen MR) is 101 cm³/mol. The fraction of sp³-hybridized carbons (Fsp3) is 0.700. The van der Waals surface area contributed by atoms with Crippen LogP contribution in [0.25, 0.3) is 0 Å². The van der Waals surface area contributed by atoms with Crippen LogP contribution in [0.2, 0.25) is 0 Å². The largest absolute Gasteiger partial charge is 0.491 e. The third kappa shape index (κ3) is 6.94. The summed E-state index contributed by atoms with van der Waals surface area (Å²) >= 11 is 0. The maximum atomic E-state index is 9.44. The quantitative estimate of drug-likeness (QED) is 0.751. The third-order valence-electron chi connectivity index (χ3n) is 4.52. The number of hydrogen-bond acceptors (Lipinski definition) is 5. The maximum absolute atomic E-state index is 9.44. The van der Waals surface area contributed by atoms with Gasteiger partial charge in [0.1, 0.15) is 12.4 Å². The van der Waals surface area contributed by atoms with Crippen molar-refractivity contribution in [3.05, 3.63) is 29.8 Å². The standard InChI is InChI=1S/C20H34N2O3/c1-20(2,3)16-22-10-9-21(15-18(22)8-11-23)14-17-4-6-19(7-5-17)25-13-12-24/h4-7,18,23-24H,8-16H2,1-3H3/t18-/m0/s1. The van der Waals surface area contributed by atoms with Gasteiger partial charge >= 0.3 is 0 Å². The first-order valence-electron chi connectivity index (χ1n) is 9.31. The molecule has 25 heavy (non-hydrogen) atoms. The Hall–Kier alpha value is -1.14. The van der Waals surface area contributed by atoms with Crippen molar-refractivity contribution in [3.63, 3.8) is 0 Å². The van der Waals surface area contributed by atoms with Gasteiger partial charge in [0.25, 0.3) is 0 Å². The van der Waals surface area contributed by atoms with Gasteiger partial charge in [-0.1, -0.05) is 32.9 Å². The second-order valence-corrected chi connectivity index (χ2v) is 8.15. The van der Waals surface area contributed by atoms with E-state index in [-0.39, 0.29) is 18.6 Å². The van der Waals surface area contributed by atoms with Crippen LogP contribution in [-0.2, 0) is 6.54 Å². The van der Waals surface area contributed by atoms with E-state index in [0.29, 0.717) is 12.6 Å². The second-order valence-electron chi connectivity index (χ2n) is 8.15. The number of benzene rings is 1. The molecule has 0 radical (unpaired) electrons. The zero-order valence-corrected chi connectivity index (χ0v) is 15.9. The summed E-state index contributed by atoms with van der Waals surface area (Å²) in [5.41, 5.74) is 1.55. The van der Waals surface area contributed by atoms with Gasteiger partial charge in [-0.25, -0.2) is 0 Å². The number of nitrogens with zero attached hydrogens (tertiary/aromatic N) is 2. The van der Waals surface area contributed by atoms with E-state index < -0.39 is 0 Å². The lowest BCUT2D eigenvalue weighted by atomic mass is 9.94. The van der Waals surface area contributed by atoms with Gasteiger partial charge in [0.05, 0.1) is 6.61 Å². The zero-order valence-electron chi connectivity index (χ0n) is 15.9. The lowest BCUT2D eigenvalue weighted by molar-refractivity contribution is 0.0340. The van der Waals surface area contributed by atoms with E-state index in [9.17, 15) is 5.11 Å². The Balaban J connectivity index is 1.90.